The number of nitrogens with two attached hydrogens (primary N) is 1. The van der Waals surface area contributed by atoms with Crippen molar-refractivity contribution in [3.8, 4) is 0 Å². The fraction of sp³-hybridized carbons (Fsp3) is 0.615. The molecule has 0 aromatic carbocycles. The summed E-state index contributed by atoms with van der Waals surface area (Å²) in [5.41, 5.74) is 6.89. The lowest BCUT2D eigenvalue weighted by molar-refractivity contribution is -0.692. The quantitative estimate of drug-likeness (QED) is 0.358. The molecule has 0 amide bonds. The Bertz CT molecular complexity index is 277. The molecule has 4 heteroatoms. The maximum atomic E-state index is 5.46. The molecule has 0 saturated heterocycles. The standard InChI is InChI=1S/C13H22N2S.BrH/c14-8-4-2-1-3-5-13-6-9-15(10-7-13)11-12-16;/h6-7,9-10H,1-5,8,11-12,14H2;1H. The van der Waals surface area contributed by atoms with Crippen molar-refractivity contribution in [1.82, 2.24) is 0 Å². The summed E-state index contributed by atoms with van der Waals surface area (Å²) in [6, 6.07) is 4.43. The molecule has 0 radical (unpaired) electrons. The molecular formula is C13H23BrN2S. The third-order valence-corrected chi connectivity index (χ3v) is 2.94. The number of halogens is 1. The number of nitrogens with zero attached hydrogens (tertiary/aromatic N) is 1. The molecule has 0 aliphatic carbocycles. The SMILES string of the molecule is NCCCCCCc1cc[n+](CCS)cc1.[Br-]. The first-order valence-corrected chi connectivity index (χ1v) is 6.79. The van der Waals surface area contributed by atoms with Crippen LogP contribution >= 0.6 is 12.6 Å². The Morgan fingerprint density at radius 1 is 1.06 bits per heavy atom. The normalized spacial score (nSPS) is 10.0. The minimum atomic E-state index is 0. The van der Waals surface area contributed by atoms with Gasteiger partial charge in [-0.1, -0.05) is 12.8 Å². The molecule has 0 aliphatic heterocycles. The van der Waals surface area contributed by atoms with E-state index in [1.165, 1.54) is 31.2 Å². The molecule has 0 fully saturated rings. The third-order valence-electron chi connectivity index (χ3n) is 2.74. The maximum absolute atomic E-state index is 5.46. The zero-order valence-corrected chi connectivity index (χ0v) is 12.8. The summed E-state index contributed by atoms with van der Waals surface area (Å²) in [5.74, 6) is 0.892. The molecule has 98 valence electrons. The van der Waals surface area contributed by atoms with Crippen molar-refractivity contribution in [2.75, 3.05) is 12.3 Å². The van der Waals surface area contributed by atoms with Gasteiger partial charge in [-0.05, 0) is 31.4 Å². The Morgan fingerprint density at radius 2 is 1.71 bits per heavy atom. The van der Waals surface area contributed by atoms with E-state index in [0.29, 0.717) is 0 Å². The fourth-order valence-corrected chi connectivity index (χ4v) is 1.98. The Hall–Kier alpha value is -0.0600. The summed E-state index contributed by atoms with van der Waals surface area (Å²) >= 11 is 4.22. The van der Waals surface area contributed by atoms with Gasteiger partial charge in [-0.3, -0.25) is 0 Å². The van der Waals surface area contributed by atoms with Crippen LogP contribution in [0.4, 0.5) is 0 Å². The highest BCUT2D eigenvalue weighted by Gasteiger charge is 1.99. The highest BCUT2D eigenvalue weighted by Crippen LogP contribution is 2.05. The molecule has 2 nitrogen and oxygen atoms in total. The van der Waals surface area contributed by atoms with E-state index >= 15 is 0 Å². The van der Waals surface area contributed by atoms with Crippen LogP contribution in [0, 0.1) is 0 Å². The van der Waals surface area contributed by atoms with E-state index in [-0.39, 0.29) is 17.0 Å². The van der Waals surface area contributed by atoms with Crippen molar-refractivity contribution in [3.05, 3.63) is 30.1 Å². The van der Waals surface area contributed by atoms with Crippen molar-refractivity contribution in [1.29, 1.82) is 0 Å². The minimum Gasteiger partial charge on any atom is -1.00 e. The van der Waals surface area contributed by atoms with Gasteiger partial charge < -0.3 is 22.7 Å². The molecule has 1 heterocycles. The second-order valence-corrected chi connectivity index (χ2v) is 4.57. The predicted molar refractivity (Wildman–Crippen MR) is 71.7 cm³/mol. The summed E-state index contributed by atoms with van der Waals surface area (Å²) in [7, 11) is 0. The fourth-order valence-electron chi connectivity index (χ4n) is 1.75. The van der Waals surface area contributed by atoms with E-state index in [2.05, 4.69) is 41.7 Å². The van der Waals surface area contributed by atoms with Gasteiger partial charge in [0.1, 0.15) is 0 Å². The number of hydrogen-bond donors (Lipinski definition) is 2. The largest absolute Gasteiger partial charge is 1.00 e. The monoisotopic (exact) mass is 318 g/mol. The number of aryl methyl sites for hydroxylation is 2. The molecule has 0 saturated carbocycles. The van der Waals surface area contributed by atoms with Gasteiger partial charge in [0.25, 0.3) is 0 Å². The van der Waals surface area contributed by atoms with Crippen LogP contribution < -0.4 is 27.3 Å². The van der Waals surface area contributed by atoms with Gasteiger partial charge in [0.15, 0.2) is 18.9 Å². The van der Waals surface area contributed by atoms with E-state index in [0.717, 1.165) is 25.3 Å². The van der Waals surface area contributed by atoms with Gasteiger partial charge in [-0.2, -0.15) is 12.6 Å². The molecule has 2 N–H and O–H groups in total. The topological polar surface area (TPSA) is 29.9 Å². The maximum Gasteiger partial charge on any atom is 0.169 e. The molecule has 0 bridgehead atoms. The van der Waals surface area contributed by atoms with Crippen LogP contribution in [0.15, 0.2) is 24.5 Å². The molecule has 17 heavy (non-hydrogen) atoms. The van der Waals surface area contributed by atoms with Crippen molar-refractivity contribution in [2.24, 2.45) is 5.73 Å². The van der Waals surface area contributed by atoms with Crippen LogP contribution in [0.3, 0.4) is 0 Å². The Balaban J connectivity index is 0.00000256. The second kappa shape index (κ2) is 11.1. The molecular weight excluding hydrogens is 296 g/mol. The van der Waals surface area contributed by atoms with E-state index in [1.54, 1.807) is 0 Å². The Morgan fingerprint density at radius 3 is 2.29 bits per heavy atom. The summed E-state index contributed by atoms with van der Waals surface area (Å²) in [6.07, 6.45) is 10.5. The highest BCUT2D eigenvalue weighted by atomic mass is 79.9. The number of aromatic nitrogens is 1. The highest BCUT2D eigenvalue weighted by molar-refractivity contribution is 7.80. The van der Waals surface area contributed by atoms with Crippen LogP contribution in [-0.2, 0) is 13.0 Å². The van der Waals surface area contributed by atoms with Crippen molar-refractivity contribution in [2.45, 2.75) is 38.6 Å². The summed E-state index contributed by atoms with van der Waals surface area (Å²) in [6.45, 7) is 1.81. The molecule has 1 aromatic rings. The van der Waals surface area contributed by atoms with Gasteiger partial charge in [-0.25, -0.2) is 4.57 Å². The molecule has 0 aliphatic rings. The number of thiol groups is 1. The van der Waals surface area contributed by atoms with E-state index in [4.69, 9.17) is 5.73 Å². The average Bonchev–Trinajstić information content (AvgIpc) is 2.31. The molecule has 0 unspecified atom stereocenters. The van der Waals surface area contributed by atoms with Crippen LogP contribution in [0.5, 0.6) is 0 Å². The van der Waals surface area contributed by atoms with E-state index in [1.807, 2.05) is 0 Å². The van der Waals surface area contributed by atoms with Gasteiger partial charge in [0, 0.05) is 17.9 Å². The smallest absolute Gasteiger partial charge is 0.169 e. The lowest BCUT2D eigenvalue weighted by Gasteiger charge is -2.01. The molecule has 0 spiro atoms. The van der Waals surface area contributed by atoms with Crippen LogP contribution in [0.1, 0.15) is 31.2 Å². The van der Waals surface area contributed by atoms with E-state index in [9.17, 15) is 0 Å². The van der Waals surface area contributed by atoms with Gasteiger partial charge in [0.05, 0.1) is 0 Å². The Kier molecular flexibility index (Phi) is 11.0. The summed E-state index contributed by atoms with van der Waals surface area (Å²) in [4.78, 5) is 0. The number of pyridine rings is 1. The van der Waals surface area contributed by atoms with Gasteiger partial charge in [-0.15, -0.1) is 0 Å². The van der Waals surface area contributed by atoms with Gasteiger partial charge in [0.2, 0.25) is 0 Å². The second-order valence-electron chi connectivity index (χ2n) is 4.12. The first kappa shape index (κ1) is 16.9. The Labute approximate surface area is 121 Å². The molecule has 1 rings (SSSR count). The number of rotatable bonds is 8. The average molecular weight is 319 g/mol. The van der Waals surface area contributed by atoms with Crippen LogP contribution in [0.2, 0.25) is 0 Å². The minimum absolute atomic E-state index is 0. The lowest BCUT2D eigenvalue weighted by atomic mass is 10.1. The lowest BCUT2D eigenvalue weighted by Crippen LogP contribution is -3.00. The van der Waals surface area contributed by atoms with Crippen molar-refractivity contribution in [3.63, 3.8) is 0 Å². The number of hydrogen-bond acceptors (Lipinski definition) is 2. The van der Waals surface area contributed by atoms with Gasteiger partial charge >= 0.3 is 0 Å². The van der Waals surface area contributed by atoms with E-state index < -0.39 is 0 Å². The van der Waals surface area contributed by atoms with Crippen molar-refractivity contribution < 1.29 is 21.5 Å². The van der Waals surface area contributed by atoms with Crippen LogP contribution in [0.25, 0.3) is 0 Å². The molecule has 1 aromatic heterocycles. The van der Waals surface area contributed by atoms with Crippen molar-refractivity contribution >= 4 is 12.6 Å². The molecule has 0 atom stereocenters. The summed E-state index contributed by atoms with van der Waals surface area (Å²) in [5, 5.41) is 0. The third kappa shape index (κ3) is 7.79. The first-order valence-electron chi connectivity index (χ1n) is 6.15. The zero-order valence-electron chi connectivity index (χ0n) is 10.3. The predicted octanol–water partition coefficient (Wildman–Crippen LogP) is -1.03. The van der Waals surface area contributed by atoms with Crippen LogP contribution in [-0.4, -0.2) is 12.3 Å². The zero-order chi connectivity index (χ0) is 11.6. The summed E-state index contributed by atoms with van der Waals surface area (Å²) < 4.78 is 2.17. The number of unbranched alkanes of at least 4 members (excludes halogenated alkanes) is 3. The first-order chi connectivity index (χ1) is 7.86.